The number of amides is 1. The molecule has 1 fully saturated rings. The first-order valence-electron chi connectivity index (χ1n) is 6.53. The van der Waals surface area contributed by atoms with Crippen LogP contribution >= 0.6 is 0 Å². The van der Waals surface area contributed by atoms with E-state index in [0.717, 1.165) is 37.8 Å². The molecule has 0 radical (unpaired) electrons. The van der Waals surface area contributed by atoms with E-state index in [1.165, 1.54) is 0 Å². The summed E-state index contributed by atoms with van der Waals surface area (Å²) in [6.07, 6.45) is -0.626. The zero-order chi connectivity index (χ0) is 14.8. The van der Waals surface area contributed by atoms with Gasteiger partial charge in [-0.05, 0) is 30.9 Å². The highest BCUT2D eigenvalue weighted by atomic mass is 19.4. The molecular weight excluding hydrogens is 274 g/mol. The molecule has 0 bridgehead atoms. The Bertz CT molecular complexity index is 492. The highest BCUT2D eigenvalue weighted by molar-refractivity contribution is 5.94. The maximum absolute atomic E-state index is 13.7. The van der Waals surface area contributed by atoms with Crippen molar-refractivity contribution in [1.29, 1.82) is 0 Å². The number of carbonyl (C=O) groups is 1. The van der Waals surface area contributed by atoms with Gasteiger partial charge in [-0.3, -0.25) is 4.79 Å². The molecule has 1 aromatic rings. The molecule has 0 spiro atoms. The first kappa shape index (κ1) is 14.8. The standard InChI is InChI=1S/C14H15F4NO/c15-12-10(6-3-7-11(12)14(16,17)18)13(20)19-8-9-4-1-2-5-9/h3,6-7,9H,1-2,4-5,8H2,(H,19,20). The van der Waals surface area contributed by atoms with E-state index in [2.05, 4.69) is 5.32 Å². The molecule has 1 amide bonds. The summed E-state index contributed by atoms with van der Waals surface area (Å²) in [5.74, 6) is -1.96. The molecule has 110 valence electrons. The van der Waals surface area contributed by atoms with Crippen LogP contribution in [-0.2, 0) is 6.18 Å². The Kier molecular flexibility index (Phi) is 4.30. The Balaban J connectivity index is 2.09. The van der Waals surface area contributed by atoms with E-state index in [-0.39, 0.29) is 0 Å². The smallest absolute Gasteiger partial charge is 0.352 e. The zero-order valence-corrected chi connectivity index (χ0v) is 10.8. The van der Waals surface area contributed by atoms with Crippen LogP contribution in [0.2, 0.25) is 0 Å². The number of hydrogen-bond acceptors (Lipinski definition) is 1. The summed E-state index contributed by atoms with van der Waals surface area (Å²) in [5, 5.41) is 2.51. The van der Waals surface area contributed by atoms with Gasteiger partial charge in [0.1, 0.15) is 5.82 Å². The topological polar surface area (TPSA) is 29.1 Å². The lowest BCUT2D eigenvalue weighted by Gasteiger charge is -2.13. The number of halogens is 4. The molecule has 0 atom stereocenters. The second-order valence-corrected chi connectivity index (χ2v) is 5.03. The number of carbonyl (C=O) groups excluding carboxylic acids is 1. The molecule has 0 heterocycles. The van der Waals surface area contributed by atoms with Gasteiger partial charge in [0, 0.05) is 6.54 Å². The first-order valence-corrected chi connectivity index (χ1v) is 6.53. The minimum absolute atomic E-state index is 0.341. The maximum atomic E-state index is 13.7. The van der Waals surface area contributed by atoms with Crippen molar-refractivity contribution in [2.24, 2.45) is 5.92 Å². The number of alkyl halides is 3. The average Bonchev–Trinajstić information content (AvgIpc) is 2.88. The number of rotatable bonds is 3. The second kappa shape index (κ2) is 5.81. The molecule has 1 aliphatic rings. The third kappa shape index (κ3) is 3.29. The van der Waals surface area contributed by atoms with Gasteiger partial charge in [-0.2, -0.15) is 13.2 Å². The van der Waals surface area contributed by atoms with Crippen LogP contribution in [0.1, 0.15) is 41.6 Å². The maximum Gasteiger partial charge on any atom is 0.419 e. The zero-order valence-electron chi connectivity index (χ0n) is 10.8. The molecule has 1 aliphatic carbocycles. The lowest BCUT2D eigenvalue weighted by atomic mass is 10.1. The summed E-state index contributed by atoms with van der Waals surface area (Å²) in [7, 11) is 0. The lowest BCUT2D eigenvalue weighted by molar-refractivity contribution is -0.140. The summed E-state index contributed by atoms with van der Waals surface area (Å²) in [5.41, 5.74) is -1.97. The van der Waals surface area contributed by atoms with Gasteiger partial charge in [0.05, 0.1) is 11.1 Å². The molecule has 1 N–H and O–H groups in total. The number of benzene rings is 1. The minimum Gasteiger partial charge on any atom is -0.352 e. The van der Waals surface area contributed by atoms with Crippen molar-refractivity contribution in [2.75, 3.05) is 6.54 Å². The molecule has 1 saturated carbocycles. The van der Waals surface area contributed by atoms with Gasteiger partial charge in [0.2, 0.25) is 0 Å². The molecule has 6 heteroatoms. The van der Waals surface area contributed by atoms with Crippen LogP contribution in [0.15, 0.2) is 18.2 Å². The normalized spacial score (nSPS) is 16.4. The third-order valence-corrected chi connectivity index (χ3v) is 3.57. The van der Waals surface area contributed by atoms with E-state index < -0.39 is 29.0 Å². The number of nitrogens with one attached hydrogen (secondary N) is 1. The Morgan fingerprint density at radius 1 is 1.25 bits per heavy atom. The van der Waals surface area contributed by atoms with Crippen molar-refractivity contribution in [3.05, 3.63) is 35.1 Å². The quantitative estimate of drug-likeness (QED) is 0.843. The Labute approximate surface area is 114 Å². The molecule has 20 heavy (non-hydrogen) atoms. The van der Waals surface area contributed by atoms with Gasteiger partial charge in [0.15, 0.2) is 0 Å². The summed E-state index contributed by atoms with van der Waals surface area (Å²) in [6, 6.07) is 2.73. The second-order valence-electron chi connectivity index (χ2n) is 5.03. The Hall–Kier alpha value is -1.59. The van der Waals surface area contributed by atoms with Gasteiger partial charge in [-0.15, -0.1) is 0 Å². The average molecular weight is 289 g/mol. The van der Waals surface area contributed by atoms with Gasteiger partial charge in [-0.1, -0.05) is 18.9 Å². The van der Waals surface area contributed by atoms with Crippen LogP contribution in [0.25, 0.3) is 0 Å². The molecule has 1 aromatic carbocycles. The van der Waals surface area contributed by atoms with E-state index in [1.807, 2.05) is 0 Å². The van der Waals surface area contributed by atoms with Crippen molar-refractivity contribution in [1.82, 2.24) is 5.32 Å². The molecule has 2 nitrogen and oxygen atoms in total. The molecular formula is C14H15F4NO. The minimum atomic E-state index is -4.80. The Morgan fingerprint density at radius 2 is 1.90 bits per heavy atom. The summed E-state index contributed by atoms with van der Waals surface area (Å²) < 4.78 is 51.4. The lowest BCUT2D eigenvalue weighted by Crippen LogP contribution is -2.29. The van der Waals surface area contributed by atoms with Crippen LogP contribution in [0.3, 0.4) is 0 Å². The van der Waals surface area contributed by atoms with Crippen LogP contribution in [-0.4, -0.2) is 12.5 Å². The van der Waals surface area contributed by atoms with E-state index in [4.69, 9.17) is 0 Å². The summed E-state index contributed by atoms with van der Waals surface area (Å²) in [4.78, 5) is 11.8. The fraction of sp³-hybridized carbons (Fsp3) is 0.500. The number of hydrogen-bond donors (Lipinski definition) is 1. The summed E-state index contributed by atoms with van der Waals surface area (Å²) in [6.45, 7) is 0.383. The predicted octanol–water partition coefficient (Wildman–Crippen LogP) is 3.76. The first-order chi connectivity index (χ1) is 9.39. The van der Waals surface area contributed by atoms with Crippen molar-refractivity contribution in [2.45, 2.75) is 31.9 Å². The van der Waals surface area contributed by atoms with Crippen LogP contribution < -0.4 is 5.32 Å². The molecule has 0 saturated heterocycles. The van der Waals surface area contributed by atoms with Crippen molar-refractivity contribution >= 4 is 5.91 Å². The van der Waals surface area contributed by atoms with E-state index >= 15 is 0 Å². The van der Waals surface area contributed by atoms with Crippen molar-refractivity contribution in [3.8, 4) is 0 Å². The van der Waals surface area contributed by atoms with Gasteiger partial charge in [-0.25, -0.2) is 4.39 Å². The fourth-order valence-electron chi connectivity index (χ4n) is 2.47. The predicted molar refractivity (Wildman–Crippen MR) is 65.7 cm³/mol. The van der Waals surface area contributed by atoms with Crippen molar-refractivity contribution < 1.29 is 22.4 Å². The van der Waals surface area contributed by atoms with E-state index in [1.54, 1.807) is 0 Å². The van der Waals surface area contributed by atoms with E-state index in [0.29, 0.717) is 18.5 Å². The van der Waals surface area contributed by atoms with Crippen molar-refractivity contribution in [3.63, 3.8) is 0 Å². The third-order valence-electron chi connectivity index (χ3n) is 3.57. The molecule has 2 rings (SSSR count). The van der Waals surface area contributed by atoms with Crippen LogP contribution in [0.5, 0.6) is 0 Å². The van der Waals surface area contributed by atoms with Gasteiger partial charge >= 0.3 is 6.18 Å². The Morgan fingerprint density at radius 3 is 2.50 bits per heavy atom. The SMILES string of the molecule is O=C(NCC1CCCC1)c1cccc(C(F)(F)F)c1F. The largest absolute Gasteiger partial charge is 0.419 e. The highest BCUT2D eigenvalue weighted by Crippen LogP contribution is 2.32. The van der Waals surface area contributed by atoms with E-state index in [9.17, 15) is 22.4 Å². The highest BCUT2D eigenvalue weighted by Gasteiger charge is 2.35. The van der Waals surface area contributed by atoms with Crippen LogP contribution in [0.4, 0.5) is 17.6 Å². The molecule has 0 unspecified atom stereocenters. The summed E-state index contributed by atoms with van der Waals surface area (Å²) >= 11 is 0. The van der Waals surface area contributed by atoms with Gasteiger partial charge < -0.3 is 5.32 Å². The fourth-order valence-corrected chi connectivity index (χ4v) is 2.47. The monoisotopic (exact) mass is 289 g/mol. The van der Waals surface area contributed by atoms with Gasteiger partial charge in [0.25, 0.3) is 5.91 Å². The van der Waals surface area contributed by atoms with Crippen LogP contribution in [0, 0.1) is 11.7 Å². The molecule has 0 aromatic heterocycles. The molecule has 0 aliphatic heterocycles.